The topological polar surface area (TPSA) is 71.2 Å². The molecule has 1 aromatic heterocycles. The molecule has 20 heavy (non-hydrogen) atoms. The molecule has 6 heteroatoms. The van der Waals surface area contributed by atoms with E-state index in [-0.39, 0.29) is 0 Å². The fourth-order valence-corrected chi connectivity index (χ4v) is 2.69. The summed E-state index contributed by atoms with van der Waals surface area (Å²) in [5.74, 6) is -0.300. The number of aromatic nitrogens is 3. The van der Waals surface area contributed by atoms with Crippen molar-refractivity contribution in [3.63, 3.8) is 0 Å². The fraction of sp³-hybridized carbons (Fsp3) is 0.357. The smallest absolute Gasteiger partial charge is 0.311 e. The lowest BCUT2D eigenvalue weighted by atomic mass is 9.90. The normalized spacial score (nSPS) is 17.9. The quantitative estimate of drug-likeness (QED) is 0.914. The average Bonchev–Trinajstić information content (AvgIpc) is 2.84. The lowest BCUT2D eigenvalue weighted by Crippen LogP contribution is -2.33. The monoisotopic (exact) mass is 272 g/mol. The number of anilines is 1. The summed E-state index contributed by atoms with van der Waals surface area (Å²) >= 11 is 0. The second-order valence-corrected chi connectivity index (χ2v) is 4.96. The van der Waals surface area contributed by atoms with Crippen molar-refractivity contribution in [3.05, 3.63) is 42.0 Å². The molecule has 1 aliphatic rings. The number of carboxylic acids is 1. The van der Waals surface area contributed by atoms with E-state index in [9.17, 15) is 9.90 Å². The summed E-state index contributed by atoms with van der Waals surface area (Å²) in [5, 5.41) is 13.4. The van der Waals surface area contributed by atoms with Crippen LogP contribution in [0, 0.1) is 0 Å². The molecule has 3 rings (SSSR count). The number of fused-ring (bicyclic) bond motifs is 1. The summed E-state index contributed by atoms with van der Waals surface area (Å²) in [5.41, 5.74) is 1.86. The van der Waals surface area contributed by atoms with E-state index >= 15 is 0 Å². The van der Waals surface area contributed by atoms with E-state index in [0.717, 1.165) is 17.1 Å². The van der Waals surface area contributed by atoms with E-state index in [1.807, 2.05) is 31.3 Å². The Balaban J connectivity index is 1.93. The maximum absolute atomic E-state index is 11.3. The summed E-state index contributed by atoms with van der Waals surface area (Å²) in [6.45, 7) is 1.35. The molecule has 0 bridgehead atoms. The number of nitrogens with zero attached hydrogens (tertiary/aromatic N) is 4. The van der Waals surface area contributed by atoms with Crippen LogP contribution in [0.3, 0.4) is 0 Å². The van der Waals surface area contributed by atoms with Crippen molar-refractivity contribution in [2.75, 3.05) is 11.4 Å². The van der Waals surface area contributed by atoms with Crippen LogP contribution in [0.2, 0.25) is 0 Å². The number of aliphatic carboxylic acids is 1. The number of hydrogen-bond donors (Lipinski definition) is 1. The number of carboxylic acid groups (broad SMARTS) is 1. The summed E-state index contributed by atoms with van der Waals surface area (Å²) in [6, 6.07) is 7.70. The molecule has 1 N–H and O–H groups in total. The van der Waals surface area contributed by atoms with Crippen LogP contribution < -0.4 is 4.90 Å². The standard InChI is InChI=1S/C14H16N4O2/c1-17-13(15-9-16-17)8-18-7-6-11(14(19)20)10-4-2-3-5-12(10)18/h2-5,9,11H,6-8H2,1H3,(H,19,20). The van der Waals surface area contributed by atoms with Crippen molar-refractivity contribution in [3.8, 4) is 0 Å². The zero-order chi connectivity index (χ0) is 14.1. The van der Waals surface area contributed by atoms with Crippen LogP contribution in [-0.4, -0.2) is 32.4 Å². The predicted octanol–water partition coefficient (Wildman–Crippen LogP) is 1.39. The largest absolute Gasteiger partial charge is 0.481 e. The van der Waals surface area contributed by atoms with Gasteiger partial charge in [0.15, 0.2) is 0 Å². The Kier molecular flexibility index (Phi) is 3.14. The summed E-state index contributed by atoms with van der Waals surface area (Å²) in [4.78, 5) is 17.7. The molecule has 0 saturated heterocycles. The Morgan fingerprint density at radius 2 is 2.25 bits per heavy atom. The van der Waals surface area contributed by atoms with E-state index in [1.165, 1.54) is 6.33 Å². The third-order valence-corrected chi connectivity index (χ3v) is 3.78. The molecule has 1 atom stereocenters. The lowest BCUT2D eigenvalue weighted by molar-refractivity contribution is -0.139. The van der Waals surface area contributed by atoms with E-state index in [1.54, 1.807) is 4.68 Å². The molecule has 0 fully saturated rings. The van der Waals surface area contributed by atoms with Crippen molar-refractivity contribution in [2.24, 2.45) is 7.05 Å². The molecule has 2 aromatic rings. The van der Waals surface area contributed by atoms with Crippen molar-refractivity contribution in [1.82, 2.24) is 14.8 Å². The first-order chi connectivity index (χ1) is 9.66. The highest BCUT2D eigenvalue weighted by atomic mass is 16.4. The minimum atomic E-state index is -0.754. The third kappa shape index (κ3) is 2.13. The lowest BCUT2D eigenvalue weighted by Gasteiger charge is -2.33. The Labute approximate surface area is 116 Å². The Hall–Kier alpha value is -2.37. The van der Waals surface area contributed by atoms with Crippen molar-refractivity contribution >= 4 is 11.7 Å². The summed E-state index contributed by atoms with van der Waals surface area (Å²) in [6.07, 6.45) is 2.15. The molecule has 104 valence electrons. The molecular formula is C14H16N4O2. The van der Waals surface area contributed by atoms with Crippen LogP contribution in [0.1, 0.15) is 23.7 Å². The van der Waals surface area contributed by atoms with Gasteiger partial charge in [-0.15, -0.1) is 0 Å². The molecule has 0 spiro atoms. The maximum atomic E-state index is 11.3. The number of carbonyl (C=O) groups is 1. The Morgan fingerprint density at radius 1 is 1.45 bits per heavy atom. The number of para-hydroxylation sites is 1. The molecule has 1 unspecified atom stereocenters. The van der Waals surface area contributed by atoms with Crippen molar-refractivity contribution < 1.29 is 9.90 Å². The number of benzene rings is 1. The number of rotatable bonds is 3. The first-order valence-electron chi connectivity index (χ1n) is 6.56. The van der Waals surface area contributed by atoms with Gasteiger partial charge in [0.2, 0.25) is 0 Å². The molecule has 6 nitrogen and oxygen atoms in total. The Bertz CT molecular complexity index is 638. The molecule has 0 amide bonds. The van der Waals surface area contributed by atoms with Gasteiger partial charge in [-0.05, 0) is 18.1 Å². The van der Waals surface area contributed by atoms with Gasteiger partial charge in [-0.3, -0.25) is 9.48 Å². The molecular weight excluding hydrogens is 256 g/mol. The SMILES string of the molecule is Cn1ncnc1CN1CCC(C(=O)O)c2ccccc21. The van der Waals surface area contributed by atoms with Gasteiger partial charge in [0.05, 0.1) is 12.5 Å². The minimum Gasteiger partial charge on any atom is -0.481 e. The third-order valence-electron chi connectivity index (χ3n) is 3.78. The zero-order valence-corrected chi connectivity index (χ0v) is 11.2. The van der Waals surface area contributed by atoms with E-state index in [4.69, 9.17) is 0 Å². The highest BCUT2D eigenvalue weighted by Gasteiger charge is 2.29. The molecule has 0 saturated carbocycles. The van der Waals surface area contributed by atoms with Crippen LogP contribution >= 0.6 is 0 Å². The number of hydrogen-bond acceptors (Lipinski definition) is 4. The van der Waals surface area contributed by atoms with Gasteiger partial charge in [0.25, 0.3) is 0 Å². The first kappa shape index (κ1) is 12.7. The average molecular weight is 272 g/mol. The molecule has 2 heterocycles. The molecule has 0 radical (unpaired) electrons. The van der Waals surface area contributed by atoms with Crippen LogP contribution in [0.15, 0.2) is 30.6 Å². The number of aryl methyl sites for hydroxylation is 1. The van der Waals surface area contributed by atoms with Crippen LogP contribution in [0.25, 0.3) is 0 Å². The van der Waals surface area contributed by atoms with Crippen LogP contribution in [0.5, 0.6) is 0 Å². The van der Waals surface area contributed by atoms with Crippen molar-refractivity contribution in [1.29, 1.82) is 0 Å². The fourth-order valence-electron chi connectivity index (χ4n) is 2.69. The molecule has 1 aromatic carbocycles. The van der Waals surface area contributed by atoms with Crippen LogP contribution in [-0.2, 0) is 18.4 Å². The summed E-state index contributed by atoms with van der Waals surface area (Å²) in [7, 11) is 1.86. The van der Waals surface area contributed by atoms with Gasteiger partial charge < -0.3 is 10.0 Å². The van der Waals surface area contributed by atoms with E-state index in [2.05, 4.69) is 15.0 Å². The van der Waals surface area contributed by atoms with E-state index < -0.39 is 11.9 Å². The molecule has 1 aliphatic heterocycles. The highest BCUT2D eigenvalue weighted by Crippen LogP contribution is 2.35. The second kappa shape index (κ2) is 4.96. The van der Waals surface area contributed by atoms with Gasteiger partial charge in [0, 0.05) is 19.3 Å². The summed E-state index contributed by atoms with van der Waals surface area (Å²) < 4.78 is 1.74. The van der Waals surface area contributed by atoms with Crippen molar-refractivity contribution in [2.45, 2.75) is 18.9 Å². The first-order valence-corrected chi connectivity index (χ1v) is 6.56. The van der Waals surface area contributed by atoms with Gasteiger partial charge in [0.1, 0.15) is 12.2 Å². The zero-order valence-electron chi connectivity index (χ0n) is 11.2. The minimum absolute atomic E-state index is 0.415. The van der Waals surface area contributed by atoms with Crippen LogP contribution in [0.4, 0.5) is 5.69 Å². The second-order valence-electron chi connectivity index (χ2n) is 4.96. The van der Waals surface area contributed by atoms with Gasteiger partial charge >= 0.3 is 5.97 Å². The Morgan fingerprint density at radius 3 is 2.95 bits per heavy atom. The highest BCUT2D eigenvalue weighted by molar-refractivity contribution is 5.80. The molecule has 0 aliphatic carbocycles. The van der Waals surface area contributed by atoms with E-state index in [0.29, 0.717) is 19.5 Å². The van der Waals surface area contributed by atoms with Gasteiger partial charge in [-0.2, -0.15) is 5.10 Å². The maximum Gasteiger partial charge on any atom is 0.311 e. The van der Waals surface area contributed by atoms with Gasteiger partial charge in [-0.1, -0.05) is 18.2 Å². The van der Waals surface area contributed by atoms with Gasteiger partial charge in [-0.25, -0.2) is 4.98 Å². The predicted molar refractivity (Wildman–Crippen MR) is 73.5 cm³/mol.